The molecule has 0 fully saturated rings. The summed E-state index contributed by atoms with van der Waals surface area (Å²) in [6.45, 7) is 5.60. The summed E-state index contributed by atoms with van der Waals surface area (Å²) in [4.78, 5) is 0. The van der Waals surface area contributed by atoms with Crippen molar-refractivity contribution >= 4 is 32.7 Å². The van der Waals surface area contributed by atoms with Crippen molar-refractivity contribution in [2.45, 2.75) is 12.1 Å². The first kappa shape index (κ1) is 7.88. The van der Waals surface area contributed by atoms with Gasteiger partial charge < -0.3 is 0 Å². The predicted octanol–water partition coefficient (Wildman–Crippen LogP) is 2.53. The van der Waals surface area contributed by atoms with Crippen molar-refractivity contribution in [2.75, 3.05) is 0 Å². The van der Waals surface area contributed by atoms with Gasteiger partial charge in [-0.1, -0.05) is 0 Å². The van der Waals surface area contributed by atoms with E-state index in [2.05, 4.69) is 6.58 Å². The zero-order valence-corrected chi connectivity index (χ0v) is 7.51. The van der Waals surface area contributed by atoms with Crippen LogP contribution in [0.15, 0.2) is 12.2 Å². The molecule has 7 heavy (non-hydrogen) atoms. The molecule has 3 heteroatoms. The van der Waals surface area contributed by atoms with E-state index in [9.17, 15) is 0 Å². The normalized spacial score (nSPS) is 9.71. The van der Waals surface area contributed by atoms with Gasteiger partial charge in [-0.3, -0.25) is 0 Å². The molecule has 0 aromatic carbocycles. The second-order valence-electron chi connectivity index (χ2n) is 1.42. The molecule has 0 aromatic heterocycles. The standard InChI is InChI=1S/C4H7AsCl2/c1-4(2)3-5(6)7/h1,3H2,2H3. The van der Waals surface area contributed by atoms with Gasteiger partial charge >= 0.3 is 57.0 Å². The molecular formula is C4H7AsCl2. The quantitative estimate of drug-likeness (QED) is 0.475. The molecule has 0 aromatic rings. The van der Waals surface area contributed by atoms with Crippen LogP contribution in [0.5, 0.6) is 0 Å². The van der Waals surface area contributed by atoms with Gasteiger partial charge in [0.15, 0.2) is 0 Å². The number of rotatable bonds is 2. The van der Waals surface area contributed by atoms with Gasteiger partial charge in [0.25, 0.3) is 0 Å². The third-order valence-electron chi connectivity index (χ3n) is 0.389. The molecule has 0 saturated carbocycles. The molecule has 0 heterocycles. The van der Waals surface area contributed by atoms with Gasteiger partial charge in [-0.05, 0) is 0 Å². The Labute approximate surface area is 57.1 Å². The number of halogens is 2. The first-order valence-electron chi connectivity index (χ1n) is 1.86. The monoisotopic (exact) mass is 200 g/mol. The Morgan fingerprint density at radius 2 is 2.14 bits per heavy atom. The fourth-order valence-corrected chi connectivity index (χ4v) is 3.18. The van der Waals surface area contributed by atoms with Crippen LogP contribution in [0.25, 0.3) is 0 Å². The summed E-state index contributed by atoms with van der Waals surface area (Å²) in [5.74, 6) is 0. The van der Waals surface area contributed by atoms with Gasteiger partial charge in [0.2, 0.25) is 0 Å². The van der Waals surface area contributed by atoms with Crippen molar-refractivity contribution in [3.8, 4) is 0 Å². The molecule has 0 atom stereocenters. The Kier molecular flexibility index (Phi) is 4.31. The van der Waals surface area contributed by atoms with Gasteiger partial charge in [-0.2, -0.15) is 0 Å². The molecule has 0 aliphatic rings. The first-order chi connectivity index (χ1) is 3.13. The van der Waals surface area contributed by atoms with Crippen LogP contribution in [-0.4, -0.2) is 12.8 Å². The van der Waals surface area contributed by atoms with E-state index in [0.29, 0.717) is 0 Å². The molecule has 0 radical (unpaired) electrons. The Morgan fingerprint density at radius 3 is 2.14 bits per heavy atom. The van der Waals surface area contributed by atoms with Crippen LogP contribution in [-0.2, 0) is 0 Å². The van der Waals surface area contributed by atoms with E-state index in [1.54, 1.807) is 0 Å². The predicted molar refractivity (Wildman–Crippen MR) is 37.1 cm³/mol. The SMILES string of the molecule is C=C(C)C[As](Cl)Cl. The van der Waals surface area contributed by atoms with Crippen LogP contribution < -0.4 is 0 Å². The molecule has 0 amide bonds. The van der Waals surface area contributed by atoms with Gasteiger partial charge in [0.1, 0.15) is 0 Å². The number of hydrogen-bond donors (Lipinski definition) is 0. The van der Waals surface area contributed by atoms with Crippen LogP contribution in [0.1, 0.15) is 6.92 Å². The van der Waals surface area contributed by atoms with E-state index in [1.165, 1.54) is 0 Å². The van der Waals surface area contributed by atoms with Gasteiger partial charge in [-0.25, -0.2) is 0 Å². The molecular weight excluding hydrogens is 194 g/mol. The summed E-state index contributed by atoms with van der Waals surface area (Å²) in [6, 6.07) is 0. The van der Waals surface area contributed by atoms with E-state index in [4.69, 9.17) is 19.9 Å². The van der Waals surface area contributed by atoms with E-state index in [-0.39, 0.29) is 0 Å². The van der Waals surface area contributed by atoms with E-state index in [0.717, 1.165) is 10.8 Å². The second-order valence-corrected chi connectivity index (χ2v) is 8.49. The van der Waals surface area contributed by atoms with Crippen molar-refractivity contribution in [1.29, 1.82) is 0 Å². The van der Waals surface area contributed by atoms with Crippen LogP contribution in [0.3, 0.4) is 0 Å². The number of hydrogen-bond acceptors (Lipinski definition) is 0. The molecule has 0 rings (SSSR count). The van der Waals surface area contributed by atoms with Crippen molar-refractivity contribution in [2.24, 2.45) is 0 Å². The van der Waals surface area contributed by atoms with Crippen LogP contribution in [0.2, 0.25) is 5.21 Å². The minimum absolute atomic E-state index is 0.843. The summed E-state index contributed by atoms with van der Waals surface area (Å²) in [7, 11) is 11.0. The fraction of sp³-hybridized carbons (Fsp3) is 0.500. The summed E-state index contributed by atoms with van der Waals surface area (Å²) in [6.07, 6.45) is 0. The van der Waals surface area contributed by atoms with Crippen molar-refractivity contribution < 1.29 is 0 Å². The molecule has 42 valence electrons. The van der Waals surface area contributed by atoms with E-state index >= 15 is 0 Å². The van der Waals surface area contributed by atoms with Gasteiger partial charge in [-0.15, -0.1) is 0 Å². The van der Waals surface area contributed by atoms with Gasteiger partial charge in [0.05, 0.1) is 0 Å². The van der Waals surface area contributed by atoms with Crippen LogP contribution in [0.4, 0.5) is 0 Å². The molecule has 0 nitrogen and oxygen atoms in total. The Bertz CT molecular complexity index is 70.1. The van der Waals surface area contributed by atoms with Crippen LogP contribution in [0, 0.1) is 0 Å². The fourth-order valence-electron chi connectivity index (χ4n) is 0.204. The maximum absolute atomic E-state index is 5.52. The average Bonchev–Trinajstić information content (AvgIpc) is 1.27. The third-order valence-corrected chi connectivity index (χ3v) is 3.27. The van der Waals surface area contributed by atoms with Crippen molar-refractivity contribution in [1.82, 2.24) is 0 Å². The zero-order valence-electron chi connectivity index (χ0n) is 4.12. The Balaban J connectivity index is 3.13. The summed E-state index contributed by atoms with van der Waals surface area (Å²) in [5.41, 5.74) is 1.09. The van der Waals surface area contributed by atoms with Crippen molar-refractivity contribution in [3.63, 3.8) is 0 Å². The average molecular weight is 201 g/mol. The molecule has 0 aliphatic heterocycles. The second kappa shape index (κ2) is 3.83. The molecule has 0 unspecified atom stereocenters. The molecule has 0 spiro atoms. The Hall–Kier alpha value is 0.878. The minimum atomic E-state index is -1.44. The summed E-state index contributed by atoms with van der Waals surface area (Å²) < 4.78 is 0. The molecule has 0 bridgehead atoms. The topological polar surface area (TPSA) is 0 Å². The molecule has 0 aliphatic carbocycles. The summed E-state index contributed by atoms with van der Waals surface area (Å²) in [5, 5.41) is 0.843. The van der Waals surface area contributed by atoms with E-state index in [1.807, 2.05) is 6.92 Å². The number of allylic oxidation sites excluding steroid dienone is 1. The van der Waals surface area contributed by atoms with Crippen LogP contribution >= 0.6 is 19.9 Å². The third kappa shape index (κ3) is 6.88. The maximum atomic E-state index is 5.52. The molecule has 0 saturated heterocycles. The zero-order chi connectivity index (χ0) is 5.86. The molecule has 0 N–H and O–H groups in total. The van der Waals surface area contributed by atoms with E-state index < -0.39 is 12.8 Å². The summed E-state index contributed by atoms with van der Waals surface area (Å²) >= 11 is -1.44. The van der Waals surface area contributed by atoms with Crippen molar-refractivity contribution in [3.05, 3.63) is 12.2 Å². The Morgan fingerprint density at radius 1 is 1.71 bits per heavy atom. The van der Waals surface area contributed by atoms with Gasteiger partial charge in [0, 0.05) is 0 Å². The first-order valence-corrected chi connectivity index (χ1v) is 8.12.